The lowest BCUT2D eigenvalue weighted by Crippen LogP contribution is -2.53. The molecular formula is C13H26N2O2. The number of nitrogens with two attached hydrogens (primary N) is 1. The van der Waals surface area contributed by atoms with Gasteiger partial charge in [0, 0.05) is 17.6 Å². The lowest BCUT2D eigenvalue weighted by molar-refractivity contribution is 0.0461. The third-order valence-electron chi connectivity index (χ3n) is 3.83. The number of rotatable bonds is 2. The van der Waals surface area contributed by atoms with Crippen molar-refractivity contribution in [2.24, 2.45) is 11.7 Å². The maximum absolute atomic E-state index is 11.4. The van der Waals surface area contributed by atoms with E-state index >= 15 is 0 Å². The van der Waals surface area contributed by atoms with Crippen LogP contribution in [0.2, 0.25) is 0 Å². The topological polar surface area (TPSA) is 66.6 Å². The second-order valence-corrected chi connectivity index (χ2v) is 6.24. The lowest BCUT2D eigenvalue weighted by Gasteiger charge is -2.43. The van der Waals surface area contributed by atoms with Gasteiger partial charge in [-0.05, 0) is 59.3 Å². The Bertz CT molecular complexity index is 265. The average molecular weight is 242 g/mol. The van der Waals surface area contributed by atoms with Crippen molar-refractivity contribution in [3.05, 3.63) is 0 Å². The van der Waals surface area contributed by atoms with Gasteiger partial charge in [0.15, 0.2) is 0 Å². The fourth-order valence-electron chi connectivity index (χ4n) is 2.91. The second-order valence-electron chi connectivity index (χ2n) is 6.24. The summed E-state index contributed by atoms with van der Waals surface area (Å²) in [6.07, 6.45) is 3.31. The van der Waals surface area contributed by atoms with Crippen LogP contribution in [0.5, 0.6) is 0 Å². The molecule has 17 heavy (non-hydrogen) atoms. The molecule has 1 rings (SSSR count). The number of carboxylic acid groups (broad SMARTS) is 1. The molecule has 4 heteroatoms. The van der Waals surface area contributed by atoms with Crippen molar-refractivity contribution in [1.82, 2.24) is 4.90 Å². The van der Waals surface area contributed by atoms with Crippen LogP contribution in [0.4, 0.5) is 4.79 Å². The first-order valence-corrected chi connectivity index (χ1v) is 6.51. The van der Waals surface area contributed by atoms with Crippen LogP contribution >= 0.6 is 0 Å². The van der Waals surface area contributed by atoms with Crippen molar-refractivity contribution < 1.29 is 9.90 Å². The van der Waals surface area contributed by atoms with Crippen molar-refractivity contribution in [3.63, 3.8) is 0 Å². The van der Waals surface area contributed by atoms with E-state index in [1.165, 1.54) is 0 Å². The van der Waals surface area contributed by atoms with Gasteiger partial charge in [-0.2, -0.15) is 0 Å². The van der Waals surface area contributed by atoms with E-state index in [2.05, 4.69) is 0 Å². The van der Waals surface area contributed by atoms with Gasteiger partial charge in [0.25, 0.3) is 0 Å². The Morgan fingerprint density at radius 3 is 2.12 bits per heavy atom. The van der Waals surface area contributed by atoms with E-state index in [0.29, 0.717) is 12.0 Å². The standard InChI is InChI=1S/C13H26N2O2/c1-9(10-5-7-11(14)8-6-10)15(12(16)17)13(2,3)4/h9-11H,5-8,14H2,1-4H3,(H,16,17)/t9-,10?,11?/m1/s1. The normalized spacial score (nSPS) is 27.6. The van der Waals surface area contributed by atoms with Crippen LogP contribution in [0.1, 0.15) is 53.4 Å². The summed E-state index contributed by atoms with van der Waals surface area (Å²) in [4.78, 5) is 13.0. The zero-order valence-corrected chi connectivity index (χ0v) is 11.4. The molecule has 0 aromatic carbocycles. The maximum Gasteiger partial charge on any atom is 0.407 e. The molecule has 1 saturated carbocycles. The fourth-order valence-corrected chi connectivity index (χ4v) is 2.91. The van der Waals surface area contributed by atoms with Crippen LogP contribution in [0, 0.1) is 5.92 Å². The molecule has 0 aromatic rings. The van der Waals surface area contributed by atoms with Crippen LogP contribution in [0.25, 0.3) is 0 Å². The Morgan fingerprint density at radius 2 is 1.76 bits per heavy atom. The molecule has 1 atom stereocenters. The average Bonchev–Trinajstić information content (AvgIpc) is 2.15. The van der Waals surface area contributed by atoms with Crippen LogP contribution in [-0.2, 0) is 0 Å². The molecule has 1 aliphatic carbocycles. The van der Waals surface area contributed by atoms with Crippen LogP contribution in [0.15, 0.2) is 0 Å². The van der Waals surface area contributed by atoms with Gasteiger partial charge in [-0.3, -0.25) is 0 Å². The summed E-state index contributed by atoms with van der Waals surface area (Å²) in [6.45, 7) is 7.88. The molecule has 0 aromatic heterocycles. The summed E-state index contributed by atoms with van der Waals surface area (Å²) in [5.74, 6) is 0.449. The van der Waals surface area contributed by atoms with Gasteiger partial charge in [-0.1, -0.05) is 0 Å². The van der Waals surface area contributed by atoms with Gasteiger partial charge in [0.1, 0.15) is 0 Å². The third kappa shape index (κ3) is 3.60. The molecule has 0 spiro atoms. The minimum Gasteiger partial charge on any atom is -0.465 e. The Morgan fingerprint density at radius 1 is 1.29 bits per heavy atom. The molecule has 0 radical (unpaired) electrons. The van der Waals surface area contributed by atoms with E-state index in [-0.39, 0.29) is 11.6 Å². The molecular weight excluding hydrogens is 216 g/mol. The zero-order chi connectivity index (χ0) is 13.2. The Hall–Kier alpha value is -0.770. The van der Waals surface area contributed by atoms with Crippen LogP contribution < -0.4 is 5.73 Å². The molecule has 1 amide bonds. The van der Waals surface area contributed by atoms with Crippen LogP contribution in [0.3, 0.4) is 0 Å². The Labute approximate surface area is 104 Å². The molecule has 0 bridgehead atoms. The van der Waals surface area contributed by atoms with Gasteiger partial charge in [0.05, 0.1) is 0 Å². The first-order valence-electron chi connectivity index (χ1n) is 6.51. The van der Waals surface area contributed by atoms with E-state index in [0.717, 1.165) is 25.7 Å². The summed E-state index contributed by atoms with van der Waals surface area (Å²) in [5.41, 5.74) is 5.55. The summed E-state index contributed by atoms with van der Waals surface area (Å²) in [7, 11) is 0. The van der Waals surface area contributed by atoms with E-state index < -0.39 is 6.09 Å². The van der Waals surface area contributed by atoms with Gasteiger partial charge >= 0.3 is 6.09 Å². The number of amides is 1. The number of hydrogen-bond acceptors (Lipinski definition) is 2. The first-order chi connectivity index (χ1) is 7.73. The van der Waals surface area contributed by atoms with Gasteiger partial charge < -0.3 is 15.7 Å². The highest BCUT2D eigenvalue weighted by Gasteiger charge is 2.35. The minimum absolute atomic E-state index is 0.0694. The highest BCUT2D eigenvalue weighted by molar-refractivity contribution is 5.66. The summed E-state index contributed by atoms with van der Waals surface area (Å²) in [5, 5.41) is 9.36. The molecule has 0 heterocycles. The highest BCUT2D eigenvalue weighted by Crippen LogP contribution is 2.31. The van der Waals surface area contributed by atoms with Crippen molar-refractivity contribution in [1.29, 1.82) is 0 Å². The quantitative estimate of drug-likeness (QED) is 0.782. The molecule has 1 aliphatic rings. The molecule has 0 unspecified atom stereocenters. The molecule has 0 saturated heterocycles. The Kier molecular flexibility index (Phi) is 4.42. The highest BCUT2D eigenvalue weighted by atomic mass is 16.4. The monoisotopic (exact) mass is 242 g/mol. The molecule has 100 valence electrons. The van der Waals surface area contributed by atoms with E-state index in [4.69, 9.17) is 5.73 Å². The second kappa shape index (κ2) is 5.25. The number of nitrogens with zero attached hydrogens (tertiary/aromatic N) is 1. The van der Waals surface area contributed by atoms with Crippen molar-refractivity contribution in [3.8, 4) is 0 Å². The number of hydrogen-bond donors (Lipinski definition) is 2. The molecule has 3 N–H and O–H groups in total. The first kappa shape index (κ1) is 14.3. The van der Waals surface area contributed by atoms with Crippen molar-refractivity contribution in [2.45, 2.75) is 71.0 Å². The van der Waals surface area contributed by atoms with Crippen molar-refractivity contribution >= 4 is 6.09 Å². The fraction of sp³-hybridized carbons (Fsp3) is 0.923. The Balaban J connectivity index is 2.72. The molecule has 1 fully saturated rings. The largest absolute Gasteiger partial charge is 0.465 e. The zero-order valence-electron chi connectivity index (χ0n) is 11.4. The van der Waals surface area contributed by atoms with Crippen molar-refractivity contribution in [2.75, 3.05) is 0 Å². The molecule has 4 nitrogen and oxygen atoms in total. The van der Waals surface area contributed by atoms with Gasteiger partial charge in [0.2, 0.25) is 0 Å². The summed E-state index contributed by atoms with van der Waals surface area (Å²) >= 11 is 0. The predicted molar refractivity (Wildman–Crippen MR) is 69.0 cm³/mol. The van der Waals surface area contributed by atoms with E-state index in [1.807, 2.05) is 27.7 Å². The smallest absolute Gasteiger partial charge is 0.407 e. The minimum atomic E-state index is -0.820. The summed E-state index contributed by atoms with van der Waals surface area (Å²) in [6, 6.07) is 0.381. The maximum atomic E-state index is 11.4. The SMILES string of the molecule is C[C@H](C1CCC(N)CC1)N(C(=O)O)C(C)(C)C. The van der Waals surface area contributed by atoms with Crippen LogP contribution in [-0.4, -0.2) is 33.7 Å². The third-order valence-corrected chi connectivity index (χ3v) is 3.83. The molecule has 0 aliphatic heterocycles. The van der Waals surface area contributed by atoms with E-state index in [9.17, 15) is 9.90 Å². The lowest BCUT2D eigenvalue weighted by atomic mass is 9.81. The number of carbonyl (C=O) groups is 1. The van der Waals surface area contributed by atoms with Gasteiger partial charge in [-0.15, -0.1) is 0 Å². The summed E-state index contributed by atoms with van der Waals surface area (Å²) < 4.78 is 0. The predicted octanol–water partition coefficient (Wildman–Crippen LogP) is 2.67. The van der Waals surface area contributed by atoms with Gasteiger partial charge in [-0.25, -0.2) is 4.79 Å². The van der Waals surface area contributed by atoms with E-state index in [1.54, 1.807) is 4.90 Å².